The highest BCUT2D eigenvalue weighted by molar-refractivity contribution is 5.59. The van der Waals surface area contributed by atoms with Crippen LogP contribution in [-0.4, -0.2) is 43.2 Å². The molecular weight excluding hydrogens is 326 g/mol. The van der Waals surface area contributed by atoms with Crippen molar-refractivity contribution in [1.29, 1.82) is 0 Å². The molecule has 1 atom stereocenters. The third-order valence-electron chi connectivity index (χ3n) is 4.98. The maximum atomic E-state index is 4.89. The zero-order valence-electron chi connectivity index (χ0n) is 15.4. The Hall–Kier alpha value is -2.83. The van der Waals surface area contributed by atoms with Gasteiger partial charge in [-0.25, -0.2) is 15.0 Å². The van der Waals surface area contributed by atoms with Crippen molar-refractivity contribution in [3.8, 4) is 11.4 Å². The summed E-state index contributed by atoms with van der Waals surface area (Å²) in [5.74, 6) is 3.83. The van der Waals surface area contributed by atoms with E-state index >= 15 is 0 Å². The number of pyridine rings is 1. The smallest absolute Gasteiger partial charge is 0.163 e. The lowest BCUT2D eigenvalue weighted by atomic mass is 9.97. The highest BCUT2D eigenvalue weighted by Gasteiger charge is 2.27. The number of piperidine rings is 1. The average Bonchev–Trinajstić information content (AvgIpc) is 3.11. The average molecular weight is 349 g/mol. The summed E-state index contributed by atoms with van der Waals surface area (Å²) in [7, 11) is 0. The molecule has 7 heteroatoms. The van der Waals surface area contributed by atoms with Gasteiger partial charge in [0.05, 0.1) is 0 Å². The van der Waals surface area contributed by atoms with Crippen molar-refractivity contribution >= 4 is 5.82 Å². The molecule has 134 valence electrons. The molecule has 1 aliphatic heterocycles. The van der Waals surface area contributed by atoms with Crippen molar-refractivity contribution in [3.05, 3.63) is 47.4 Å². The number of H-pyrrole nitrogens is 1. The molecule has 1 aliphatic rings. The molecular formula is C19H23N7. The minimum absolute atomic E-state index is 0.324. The summed E-state index contributed by atoms with van der Waals surface area (Å²) >= 11 is 0. The molecule has 26 heavy (non-hydrogen) atoms. The van der Waals surface area contributed by atoms with Crippen molar-refractivity contribution in [2.75, 3.05) is 18.0 Å². The Kier molecular flexibility index (Phi) is 4.36. The highest BCUT2D eigenvalue weighted by Crippen LogP contribution is 2.31. The van der Waals surface area contributed by atoms with E-state index in [1.54, 1.807) is 6.20 Å². The third kappa shape index (κ3) is 3.16. The summed E-state index contributed by atoms with van der Waals surface area (Å²) in [6, 6.07) is 3.91. The predicted octanol–water partition coefficient (Wildman–Crippen LogP) is 2.97. The molecule has 0 amide bonds. The Morgan fingerprint density at radius 2 is 2.04 bits per heavy atom. The first-order valence-electron chi connectivity index (χ1n) is 9.01. The molecule has 4 heterocycles. The van der Waals surface area contributed by atoms with Gasteiger partial charge in [-0.15, -0.1) is 0 Å². The van der Waals surface area contributed by atoms with E-state index in [2.05, 4.69) is 37.0 Å². The SMILES string of the molecule is Cc1nc(C2CCCN(c3nc(-c4cccnc4)nc(C)c3C)C2)n[nH]1. The van der Waals surface area contributed by atoms with E-state index in [0.717, 1.165) is 66.0 Å². The number of nitrogens with one attached hydrogen (secondary N) is 1. The zero-order valence-corrected chi connectivity index (χ0v) is 15.4. The lowest BCUT2D eigenvalue weighted by Gasteiger charge is -2.33. The van der Waals surface area contributed by atoms with E-state index in [1.807, 2.05) is 32.2 Å². The van der Waals surface area contributed by atoms with Gasteiger partial charge in [-0.1, -0.05) is 0 Å². The molecule has 1 unspecified atom stereocenters. The van der Waals surface area contributed by atoms with Gasteiger partial charge in [-0.2, -0.15) is 5.10 Å². The first kappa shape index (κ1) is 16.6. The van der Waals surface area contributed by atoms with Gasteiger partial charge in [-0.05, 0) is 45.7 Å². The van der Waals surface area contributed by atoms with Gasteiger partial charge < -0.3 is 4.90 Å². The fourth-order valence-corrected chi connectivity index (χ4v) is 3.47. The number of aromatic amines is 1. The fourth-order valence-electron chi connectivity index (χ4n) is 3.47. The zero-order chi connectivity index (χ0) is 18.1. The van der Waals surface area contributed by atoms with Gasteiger partial charge >= 0.3 is 0 Å². The number of aryl methyl sites for hydroxylation is 2. The van der Waals surface area contributed by atoms with Crippen LogP contribution in [0.2, 0.25) is 0 Å². The molecule has 0 spiro atoms. The minimum Gasteiger partial charge on any atom is -0.356 e. The number of anilines is 1. The van der Waals surface area contributed by atoms with Gasteiger partial charge in [0.1, 0.15) is 11.6 Å². The number of hydrogen-bond acceptors (Lipinski definition) is 6. The molecule has 7 nitrogen and oxygen atoms in total. The number of hydrogen-bond donors (Lipinski definition) is 1. The molecule has 0 radical (unpaired) electrons. The minimum atomic E-state index is 0.324. The lowest BCUT2D eigenvalue weighted by molar-refractivity contribution is 0.489. The van der Waals surface area contributed by atoms with Crippen LogP contribution in [0.3, 0.4) is 0 Å². The Labute approximate surface area is 152 Å². The quantitative estimate of drug-likeness (QED) is 0.783. The maximum absolute atomic E-state index is 4.89. The Balaban J connectivity index is 1.67. The largest absolute Gasteiger partial charge is 0.356 e. The summed E-state index contributed by atoms with van der Waals surface area (Å²) in [5.41, 5.74) is 3.07. The maximum Gasteiger partial charge on any atom is 0.163 e. The van der Waals surface area contributed by atoms with Crippen LogP contribution in [0.4, 0.5) is 5.82 Å². The lowest BCUT2D eigenvalue weighted by Crippen LogP contribution is -2.36. The number of nitrogens with zero attached hydrogens (tertiary/aromatic N) is 6. The van der Waals surface area contributed by atoms with Crippen LogP contribution in [0.25, 0.3) is 11.4 Å². The van der Waals surface area contributed by atoms with E-state index < -0.39 is 0 Å². The Morgan fingerprint density at radius 1 is 1.15 bits per heavy atom. The molecule has 0 aliphatic carbocycles. The normalized spacial score (nSPS) is 17.5. The second kappa shape index (κ2) is 6.82. The van der Waals surface area contributed by atoms with Crippen LogP contribution in [0.1, 0.15) is 41.7 Å². The molecule has 0 bridgehead atoms. The van der Waals surface area contributed by atoms with E-state index in [4.69, 9.17) is 4.98 Å². The highest BCUT2D eigenvalue weighted by atomic mass is 15.2. The van der Waals surface area contributed by atoms with Gasteiger partial charge in [-0.3, -0.25) is 10.1 Å². The standard InChI is InChI=1S/C19H23N7/c1-12-13(2)21-17(15-6-4-8-20-10-15)23-19(12)26-9-5-7-16(11-26)18-22-14(3)24-25-18/h4,6,8,10,16H,5,7,9,11H2,1-3H3,(H,22,24,25). The van der Waals surface area contributed by atoms with Crippen molar-refractivity contribution in [1.82, 2.24) is 30.1 Å². The van der Waals surface area contributed by atoms with Gasteiger partial charge in [0.25, 0.3) is 0 Å². The monoisotopic (exact) mass is 349 g/mol. The summed E-state index contributed by atoms with van der Waals surface area (Å²) in [6.45, 7) is 7.94. The molecule has 0 saturated carbocycles. The topological polar surface area (TPSA) is 83.5 Å². The van der Waals surface area contributed by atoms with Crippen molar-refractivity contribution < 1.29 is 0 Å². The predicted molar refractivity (Wildman–Crippen MR) is 100 cm³/mol. The number of aromatic nitrogens is 6. The molecule has 4 rings (SSSR count). The van der Waals surface area contributed by atoms with Gasteiger partial charge in [0.2, 0.25) is 0 Å². The van der Waals surface area contributed by atoms with Crippen LogP contribution in [0.15, 0.2) is 24.5 Å². The summed E-state index contributed by atoms with van der Waals surface area (Å²) in [5, 5.41) is 7.33. The van der Waals surface area contributed by atoms with Crippen molar-refractivity contribution in [3.63, 3.8) is 0 Å². The van der Waals surface area contributed by atoms with Crippen LogP contribution < -0.4 is 4.90 Å². The van der Waals surface area contributed by atoms with Crippen LogP contribution in [0.5, 0.6) is 0 Å². The fraction of sp³-hybridized carbons (Fsp3) is 0.421. The van der Waals surface area contributed by atoms with Crippen LogP contribution >= 0.6 is 0 Å². The Bertz CT molecular complexity index is 904. The van der Waals surface area contributed by atoms with Crippen LogP contribution in [-0.2, 0) is 0 Å². The van der Waals surface area contributed by atoms with E-state index in [0.29, 0.717) is 5.92 Å². The van der Waals surface area contributed by atoms with E-state index in [-0.39, 0.29) is 0 Å². The Morgan fingerprint density at radius 3 is 2.77 bits per heavy atom. The van der Waals surface area contributed by atoms with Crippen LogP contribution in [0, 0.1) is 20.8 Å². The van der Waals surface area contributed by atoms with Gasteiger partial charge in [0, 0.05) is 48.2 Å². The second-order valence-electron chi connectivity index (χ2n) is 6.89. The van der Waals surface area contributed by atoms with Crippen molar-refractivity contribution in [2.24, 2.45) is 0 Å². The van der Waals surface area contributed by atoms with E-state index in [1.165, 1.54) is 0 Å². The molecule has 3 aromatic heterocycles. The summed E-state index contributed by atoms with van der Waals surface area (Å²) in [4.78, 5) is 20.6. The second-order valence-corrected chi connectivity index (χ2v) is 6.89. The first-order chi connectivity index (χ1) is 12.6. The molecule has 3 aromatic rings. The van der Waals surface area contributed by atoms with Gasteiger partial charge in [0.15, 0.2) is 11.6 Å². The summed E-state index contributed by atoms with van der Waals surface area (Å²) in [6.07, 6.45) is 5.78. The summed E-state index contributed by atoms with van der Waals surface area (Å²) < 4.78 is 0. The number of rotatable bonds is 3. The molecule has 0 aromatic carbocycles. The molecule has 1 N–H and O–H groups in total. The molecule has 1 saturated heterocycles. The van der Waals surface area contributed by atoms with E-state index in [9.17, 15) is 0 Å². The third-order valence-corrected chi connectivity index (χ3v) is 4.98. The van der Waals surface area contributed by atoms with Crippen molar-refractivity contribution in [2.45, 2.75) is 39.5 Å². The first-order valence-corrected chi connectivity index (χ1v) is 9.01. The molecule has 1 fully saturated rings.